The lowest BCUT2D eigenvalue weighted by Crippen LogP contribution is -2.18. The monoisotopic (exact) mass is 178 g/mol. The van der Waals surface area contributed by atoms with Crippen molar-refractivity contribution in [2.75, 3.05) is 0 Å². The quantitative estimate of drug-likeness (QED) is 0.594. The molecule has 0 N–H and O–H groups in total. The maximum Gasteiger partial charge on any atom is 0.139 e. The third-order valence-corrected chi connectivity index (χ3v) is 3.52. The molecule has 3 atom stereocenters. The van der Waals surface area contributed by atoms with Crippen molar-refractivity contribution in [3.05, 3.63) is 12.7 Å². The third-order valence-electron chi connectivity index (χ3n) is 3.52. The van der Waals surface area contributed by atoms with Gasteiger partial charge in [-0.05, 0) is 31.6 Å². The van der Waals surface area contributed by atoms with Crippen molar-refractivity contribution < 1.29 is 4.79 Å². The Morgan fingerprint density at radius 1 is 1.38 bits per heavy atom. The summed E-state index contributed by atoms with van der Waals surface area (Å²) in [5.74, 6) is 2.07. The van der Waals surface area contributed by atoms with Crippen LogP contribution in [-0.2, 0) is 4.79 Å². The van der Waals surface area contributed by atoms with Gasteiger partial charge in [0.25, 0.3) is 0 Å². The van der Waals surface area contributed by atoms with Crippen molar-refractivity contribution in [2.24, 2.45) is 17.8 Å². The van der Waals surface area contributed by atoms with Crippen LogP contribution in [-0.4, -0.2) is 5.78 Å². The predicted octanol–water partition coefficient (Wildman–Crippen LogP) is 2.96. The molecule has 3 unspecified atom stereocenters. The van der Waals surface area contributed by atoms with Crippen molar-refractivity contribution in [3.8, 4) is 0 Å². The first kappa shape index (κ1) is 8.98. The first-order valence-corrected chi connectivity index (χ1v) is 5.47. The number of allylic oxidation sites excluding steroid dienone is 1. The van der Waals surface area contributed by atoms with Gasteiger partial charge in [-0.15, -0.1) is 6.58 Å². The van der Waals surface area contributed by atoms with Gasteiger partial charge >= 0.3 is 0 Å². The van der Waals surface area contributed by atoms with Crippen LogP contribution in [0.3, 0.4) is 0 Å². The van der Waals surface area contributed by atoms with Crippen molar-refractivity contribution >= 4 is 5.78 Å². The maximum atomic E-state index is 11.9. The van der Waals surface area contributed by atoms with E-state index in [2.05, 4.69) is 6.58 Å². The largest absolute Gasteiger partial charge is 0.299 e. The Balaban J connectivity index is 1.99. The Kier molecular flexibility index (Phi) is 2.52. The van der Waals surface area contributed by atoms with E-state index in [1.165, 1.54) is 25.7 Å². The molecule has 1 nitrogen and oxygen atoms in total. The molecule has 2 rings (SSSR count). The summed E-state index contributed by atoms with van der Waals surface area (Å²) in [7, 11) is 0. The van der Waals surface area contributed by atoms with Crippen LogP contribution in [0.4, 0.5) is 0 Å². The van der Waals surface area contributed by atoms with Gasteiger partial charge in [-0.3, -0.25) is 4.79 Å². The Hall–Kier alpha value is -0.590. The topological polar surface area (TPSA) is 17.1 Å². The molecule has 0 heterocycles. The number of ketones is 1. The number of fused-ring (bicyclic) bond motifs is 1. The Morgan fingerprint density at radius 2 is 2.15 bits per heavy atom. The molecular weight excluding hydrogens is 160 g/mol. The predicted molar refractivity (Wildman–Crippen MR) is 53.4 cm³/mol. The van der Waals surface area contributed by atoms with E-state index in [1.807, 2.05) is 6.08 Å². The van der Waals surface area contributed by atoms with Crippen LogP contribution in [0.5, 0.6) is 0 Å². The third kappa shape index (κ3) is 1.84. The van der Waals surface area contributed by atoms with Crippen LogP contribution in [0.2, 0.25) is 0 Å². The van der Waals surface area contributed by atoms with E-state index in [4.69, 9.17) is 0 Å². The molecule has 2 aliphatic carbocycles. The molecule has 13 heavy (non-hydrogen) atoms. The lowest BCUT2D eigenvalue weighted by Gasteiger charge is -2.16. The van der Waals surface area contributed by atoms with Crippen LogP contribution in [0.15, 0.2) is 12.7 Å². The van der Waals surface area contributed by atoms with Crippen molar-refractivity contribution in [2.45, 2.75) is 38.5 Å². The number of Topliss-reactive ketones (excluding diaryl/α,β-unsaturated/α-hetero) is 1. The van der Waals surface area contributed by atoms with Gasteiger partial charge in [-0.1, -0.05) is 18.9 Å². The molecule has 0 aliphatic heterocycles. The van der Waals surface area contributed by atoms with E-state index >= 15 is 0 Å². The number of hydrogen-bond acceptors (Lipinski definition) is 1. The molecule has 0 radical (unpaired) electrons. The fourth-order valence-corrected chi connectivity index (χ4v) is 2.59. The molecule has 0 aromatic rings. The summed E-state index contributed by atoms with van der Waals surface area (Å²) in [6.07, 6.45) is 8.98. The summed E-state index contributed by atoms with van der Waals surface area (Å²) in [4.78, 5) is 11.9. The molecule has 1 heteroatoms. The van der Waals surface area contributed by atoms with E-state index in [1.54, 1.807) is 0 Å². The summed E-state index contributed by atoms with van der Waals surface area (Å²) < 4.78 is 0. The Bertz CT molecular complexity index is 219. The van der Waals surface area contributed by atoms with Gasteiger partial charge < -0.3 is 0 Å². The number of rotatable bonds is 2. The standard InChI is InChI=1S/C12H18O/c1-2-5-9-6-3-4-7-10-8-11(10)12(9)13/h2,9-11H,1,3-8H2. The molecule has 2 saturated carbocycles. The molecule has 0 saturated heterocycles. The highest BCUT2D eigenvalue weighted by Crippen LogP contribution is 2.47. The molecular formula is C12H18O. The highest BCUT2D eigenvalue weighted by molar-refractivity contribution is 5.86. The fourth-order valence-electron chi connectivity index (χ4n) is 2.59. The zero-order chi connectivity index (χ0) is 9.26. The number of hydrogen-bond donors (Lipinski definition) is 0. The average molecular weight is 178 g/mol. The van der Waals surface area contributed by atoms with E-state index < -0.39 is 0 Å². The fraction of sp³-hybridized carbons (Fsp3) is 0.750. The van der Waals surface area contributed by atoms with Crippen LogP contribution >= 0.6 is 0 Å². The second kappa shape index (κ2) is 3.65. The van der Waals surface area contributed by atoms with Gasteiger partial charge in [0, 0.05) is 11.8 Å². The van der Waals surface area contributed by atoms with E-state index in [9.17, 15) is 4.79 Å². The zero-order valence-electron chi connectivity index (χ0n) is 8.17. The maximum absolute atomic E-state index is 11.9. The van der Waals surface area contributed by atoms with Gasteiger partial charge in [-0.2, -0.15) is 0 Å². The summed E-state index contributed by atoms with van der Waals surface area (Å²) in [5, 5.41) is 0. The normalized spacial score (nSPS) is 38.8. The molecule has 0 amide bonds. The van der Waals surface area contributed by atoms with Crippen molar-refractivity contribution in [1.29, 1.82) is 0 Å². The minimum atomic E-state index is 0.313. The lowest BCUT2D eigenvalue weighted by molar-refractivity contribution is -0.124. The number of carbonyl (C=O) groups excluding carboxylic acids is 1. The van der Waals surface area contributed by atoms with Crippen LogP contribution < -0.4 is 0 Å². The molecule has 2 aliphatic rings. The summed E-state index contributed by atoms with van der Waals surface area (Å²) in [6, 6.07) is 0. The Morgan fingerprint density at radius 3 is 2.92 bits per heavy atom. The van der Waals surface area contributed by atoms with E-state index in [-0.39, 0.29) is 0 Å². The van der Waals surface area contributed by atoms with Gasteiger partial charge in [0.15, 0.2) is 0 Å². The smallest absolute Gasteiger partial charge is 0.139 e. The Labute approximate surface area is 80.2 Å². The second-order valence-corrected chi connectivity index (χ2v) is 4.51. The summed E-state index contributed by atoms with van der Waals surface area (Å²) in [5.41, 5.74) is 0. The first-order chi connectivity index (χ1) is 6.33. The first-order valence-electron chi connectivity index (χ1n) is 5.47. The summed E-state index contributed by atoms with van der Waals surface area (Å²) in [6.45, 7) is 3.73. The molecule has 2 fully saturated rings. The van der Waals surface area contributed by atoms with E-state index in [0.717, 1.165) is 18.8 Å². The van der Waals surface area contributed by atoms with Gasteiger partial charge in [-0.25, -0.2) is 0 Å². The lowest BCUT2D eigenvalue weighted by atomic mass is 9.88. The van der Waals surface area contributed by atoms with Crippen LogP contribution in [0.25, 0.3) is 0 Å². The molecule has 0 spiro atoms. The van der Waals surface area contributed by atoms with Crippen molar-refractivity contribution in [3.63, 3.8) is 0 Å². The minimum absolute atomic E-state index is 0.313. The van der Waals surface area contributed by atoms with E-state index in [0.29, 0.717) is 17.6 Å². The highest BCUT2D eigenvalue weighted by Gasteiger charge is 2.44. The van der Waals surface area contributed by atoms with Gasteiger partial charge in [0.1, 0.15) is 5.78 Å². The highest BCUT2D eigenvalue weighted by atomic mass is 16.1. The molecule has 0 aromatic heterocycles. The second-order valence-electron chi connectivity index (χ2n) is 4.51. The zero-order valence-corrected chi connectivity index (χ0v) is 8.17. The average Bonchev–Trinajstić information content (AvgIpc) is 2.86. The SMILES string of the molecule is C=CCC1CCCCC2CC2C1=O. The molecule has 0 bridgehead atoms. The van der Waals surface area contributed by atoms with Crippen LogP contribution in [0.1, 0.15) is 38.5 Å². The van der Waals surface area contributed by atoms with Gasteiger partial charge in [0.05, 0.1) is 0 Å². The van der Waals surface area contributed by atoms with Crippen LogP contribution in [0, 0.1) is 17.8 Å². The molecule has 72 valence electrons. The summed E-state index contributed by atoms with van der Waals surface area (Å²) >= 11 is 0. The minimum Gasteiger partial charge on any atom is -0.299 e. The molecule has 0 aromatic carbocycles. The number of carbonyl (C=O) groups is 1. The van der Waals surface area contributed by atoms with Crippen molar-refractivity contribution in [1.82, 2.24) is 0 Å². The van der Waals surface area contributed by atoms with Gasteiger partial charge in [0.2, 0.25) is 0 Å².